The lowest BCUT2D eigenvalue weighted by Crippen LogP contribution is -2.41. The van der Waals surface area contributed by atoms with Gasteiger partial charge in [0.25, 0.3) is 5.91 Å². The Morgan fingerprint density at radius 3 is 2.11 bits per heavy atom. The summed E-state index contributed by atoms with van der Waals surface area (Å²) < 4.78 is 28.9. The van der Waals surface area contributed by atoms with Crippen molar-refractivity contribution < 1.29 is 18.4 Å². The van der Waals surface area contributed by atoms with Crippen LogP contribution in [0.5, 0.6) is 0 Å². The first-order valence-electron chi connectivity index (χ1n) is 8.24. The van der Waals surface area contributed by atoms with Gasteiger partial charge in [-0.15, -0.1) is 0 Å². The standard InChI is InChI=1S/C20H17F2N3O2/c1-25-18(8-9-23-25)20(27)24-17(12-26)19(13-4-2-6-15(21)10-13)14-5-3-7-16(22)11-14/h2-12,17,19H,1H3,(H,24,27). The average molecular weight is 369 g/mol. The van der Waals surface area contributed by atoms with E-state index in [1.807, 2.05) is 0 Å². The summed E-state index contributed by atoms with van der Waals surface area (Å²) >= 11 is 0. The van der Waals surface area contributed by atoms with Crippen LogP contribution in [0, 0.1) is 11.6 Å². The summed E-state index contributed by atoms with van der Waals surface area (Å²) in [6.07, 6.45) is 2.02. The number of carbonyl (C=O) groups excluding carboxylic acids is 2. The third kappa shape index (κ3) is 4.08. The van der Waals surface area contributed by atoms with Crippen LogP contribution >= 0.6 is 0 Å². The molecule has 3 aromatic rings. The van der Waals surface area contributed by atoms with Crippen LogP contribution in [0.3, 0.4) is 0 Å². The number of aromatic nitrogens is 2. The highest BCUT2D eigenvalue weighted by atomic mass is 19.1. The van der Waals surface area contributed by atoms with Gasteiger partial charge in [-0.2, -0.15) is 5.10 Å². The fraction of sp³-hybridized carbons (Fsp3) is 0.150. The lowest BCUT2D eigenvalue weighted by molar-refractivity contribution is -0.109. The molecule has 1 heterocycles. The smallest absolute Gasteiger partial charge is 0.270 e. The van der Waals surface area contributed by atoms with Crippen LogP contribution in [-0.2, 0) is 11.8 Å². The molecule has 1 aromatic heterocycles. The van der Waals surface area contributed by atoms with Crippen LogP contribution in [0.2, 0.25) is 0 Å². The molecule has 0 radical (unpaired) electrons. The predicted octanol–water partition coefficient (Wildman–Crippen LogP) is 2.83. The molecule has 0 saturated carbocycles. The first-order valence-corrected chi connectivity index (χ1v) is 8.24. The average Bonchev–Trinajstić information content (AvgIpc) is 3.07. The number of aryl methyl sites for hydroxylation is 1. The highest BCUT2D eigenvalue weighted by Gasteiger charge is 2.28. The summed E-state index contributed by atoms with van der Waals surface area (Å²) in [7, 11) is 1.60. The summed E-state index contributed by atoms with van der Waals surface area (Å²) in [6.45, 7) is 0. The van der Waals surface area contributed by atoms with Crippen LogP contribution in [0.25, 0.3) is 0 Å². The van der Waals surface area contributed by atoms with Crippen molar-refractivity contribution in [2.75, 3.05) is 0 Å². The fourth-order valence-corrected chi connectivity index (χ4v) is 3.03. The first-order chi connectivity index (χ1) is 13.0. The molecule has 7 heteroatoms. The van der Waals surface area contributed by atoms with Crippen LogP contribution in [-0.4, -0.2) is 28.0 Å². The lowest BCUT2D eigenvalue weighted by Gasteiger charge is -2.25. The number of nitrogens with one attached hydrogen (secondary N) is 1. The highest BCUT2D eigenvalue weighted by Crippen LogP contribution is 2.29. The molecule has 1 N–H and O–H groups in total. The topological polar surface area (TPSA) is 64.0 Å². The Labute approximate surface area is 154 Å². The van der Waals surface area contributed by atoms with Gasteiger partial charge in [0.2, 0.25) is 0 Å². The molecule has 2 aromatic carbocycles. The van der Waals surface area contributed by atoms with Crippen LogP contribution in [0.1, 0.15) is 27.5 Å². The van der Waals surface area contributed by atoms with Gasteiger partial charge in [-0.05, 0) is 41.5 Å². The number of benzene rings is 2. The largest absolute Gasteiger partial charge is 0.340 e. The molecule has 1 amide bonds. The minimum atomic E-state index is -1.03. The van der Waals surface area contributed by atoms with Gasteiger partial charge in [0.05, 0.1) is 6.04 Å². The van der Waals surface area contributed by atoms with Gasteiger partial charge in [-0.25, -0.2) is 8.78 Å². The Balaban J connectivity index is 2.01. The zero-order valence-electron chi connectivity index (χ0n) is 14.5. The second kappa shape index (κ2) is 7.90. The van der Waals surface area contributed by atoms with E-state index in [0.29, 0.717) is 17.4 Å². The van der Waals surface area contributed by atoms with Crippen molar-refractivity contribution in [2.24, 2.45) is 7.05 Å². The Kier molecular flexibility index (Phi) is 5.40. The predicted molar refractivity (Wildman–Crippen MR) is 95.2 cm³/mol. The van der Waals surface area contributed by atoms with Gasteiger partial charge in [0, 0.05) is 19.2 Å². The van der Waals surface area contributed by atoms with Gasteiger partial charge in [0.1, 0.15) is 23.6 Å². The maximum Gasteiger partial charge on any atom is 0.270 e. The summed E-state index contributed by atoms with van der Waals surface area (Å²) in [6, 6.07) is 11.8. The van der Waals surface area contributed by atoms with E-state index >= 15 is 0 Å². The number of rotatable bonds is 6. The summed E-state index contributed by atoms with van der Waals surface area (Å²) in [5, 5.41) is 6.56. The van der Waals surface area contributed by atoms with Gasteiger partial charge in [0.15, 0.2) is 0 Å². The van der Waals surface area contributed by atoms with E-state index in [1.165, 1.54) is 53.3 Å². The van der Waals surface area contributed by atoms with Crippen molar-refractivity contribution >= 4 is 12.2 Å². The zero-order chi connectivity index (χ0) is 19.4. The van der Waals surface area contributed by atoms with Gasteiger partial charge >= 0.3 is 0 Å². The van der Waals surface area contributed by atoms with Crippen molar-refractivity contribution in [3.05, 3.63) is 89.2 Å². The quantitative estimate of drug-likeness (QED) is 0.680. The van der Waals surface area contributed by atoms with Crippen LogP contribution < -0.4 is 5.32 Å². The van der Waals surface area contributed by atoms with Gasteiger partial charge < -0.3 is 10.1 Å². The Bertz CT molecular complexity index is 926. The minimum absolute atomic E-state index is 0.263. The third-order valence-corrected chi connectivity index (χ3v) is 4.27. The van der Waals surface area contributed by atoms with Crippen molar-refractivity contribution in [1.29, 1.82) is 0 Å². The maximum absolute atomic E-state index is 13.8. The molecule has 138 valence electrons. The van der Waals surface area contributed by atoms with Crippen molar-refractivity contribution in [2.45, 2.75) is 12.0 Å². The molecule has 0 bridgehead atoms. The molecule has 0 spiro atoms. The number of hydrogen-bond donors (Lipinski definition) is 1. The van der Waals surface area contributed by atoms with Crippen molar-refractivity contribution in [3.8, 4) is 0 Å². The summed E-state index contributed by atoms with van der Waals surface area (Å²) in [5.74, 6) is -2.25. The third-order valence-electron chi connectivity index (χ3n) is 4.27. The van der Waals surface area contributed by atoms with Crippen molar-refractivity contribution in [3.63, 3.8) is 0 Å². The van der Waals surface area contributed by atoms with E-state index in [9.17, 15) is 18.4 Å². The Hall–Kier alpha value is -3.35. The highest BCUT2D eigenvalue weighted by molar-refractivity contribution is 5.94. The minimum Gasteiger partial charge on any atom is -0.340 e. The van der Waals surface area contributed by atoms with E-state index in [-0.39, 0.29) is 5.69 Å². The SMILES string of the molecule is Cn1nccc1C(=O)NC(C=O)C(c1cccc(F)c1)c1cccc(F)c1. The lowest BCUT2D eigenvalue weighted by atomic mass is 9.85. The van der Waals surface area contributed by atoms with Gasteiger partial charge in [-0.1, -0.05) is 24.3 Å². The van der Waals surface area contributed by atoms with E-state index in [4.69, 9.17) is 0 Å². The molecule has 0 saturated heterocycles. The monoisotopic (exact) mass is 369 g/mol. The molecule has 1 unspecified atom stereocenters. The second-order valence-electron chi connectivity index (χ2n) is 6.06. The van der Waals surface area contributed by atoms with E-state index in [0.717, 1.165) is 0 Å². The molecule has 3 rings (SSSR count). The van der Waals surface area contributed by atoms with Crippen molar-refractivity contribution in [1.82, 2.24) is 15.1 Å². The fourth-order valence-electron chi connectivity index (χ4n) is 3.03. The number of halogens is 2. The molecule has 0 fully saturated rings. The van der Waals surface area contributed by atoms with Gasteiger partial charge in [-0.3, -0.25) is 9.48 Å². The number of hydrogen-bond acceptors (Lipinski definition) is 3. The molecule has 1 atom stereocenters. The number of aldehydes is 1. The van der Waals surface area contributed by atoms with Crippen LogP contribution in [0.4, 0.5) is 8.78 Å². The van der Waals surface area contributed by atoms with E-state index < -0.39 is 29.5 Å². The number of carbonyl (C=O) groups is 2. The number of amides is 1. The molecule has 27 heavy (non-hydrogen) atoms. The van der Waals surface area contributed by atoms with Crippen LogP contribution in [0.15, 0.2) is 60.8 Å². The first kappa shape index (κ1) is 18.4. The normalized spacial score (nSPS) is 12.0. The Morgan fingerprint density at radius 1 is 1.07 bits per heavy atom. The zero-order valence-corrected chi connectivity index (χ0v) is 14.5. The second-order valence-corrected chi connectivity index (χ2v) is 6.06. The molecular formula is C20H17F2N3O2. The summed E-state index contributed by atoms with van der Waals surface area (Å²) in [4.78, 5) is 24.3. The Morgan fingerprint density at radius 2 is 1.67 bits per heavy atom. The number of nitrogens with zero attached hydrogens (tertiary/aromatic N) is 2. The maximum atomic E-state index is 13.8. The van der Waals surface area contributed by atoms with E-state index in [2.05, 4.69) is 10.4 Å². The molecule has 0 aliphatic carbocycles. The summed E-state index contributed by atoms with van der Waals surface area (Å²) in [5.41, 5.74) is 1.16. The molecule has 0 aliphatic heterocycles. The molecule has 5 nitrogen and oxygen atoms in total. The van der Waals surface area contributed by atoms with E-state index in [1.54, 1.807) is 19.2 Å². The molecular weight excluding hydrogens is 352 g/mol. The molecule has 0 aliphatic rings.